The Balaban J connectivity index is 1.69. The van der Waals surface area contributed by atoms with Crippen LogP contribution in [0.1, 0.15) is 19.3 Å². The molecule has 1 aromatic rings. The van der Waals surface area contributed by atoms with E-state index in [-0.39, 0.29) is 5.91 Å². The molecule has 20 heavy (non-hydrogen) atoms. The summed E-state index contributed by atoms with van der Waals surface area (Å²) in [6.45, 7) is 3.68. The van der Waals surface area contributed by atoms with Crippen molar-refractivity contribution in [3.05, 3.63) is 22.7 Å². The summed E-state index contributed by atoms with van der Waals surface area (Å²) < 4.78 is 1.05. The van der Waals surface area contributed by atoms with Crippen molar-refractivity contribution < 1.29 is 4.79 Å². The van der Waals surface area contributed by atoms with Crippen LogP contribution in [-0.2, 0) is 4.79 Å². The van der Waals surface area contributed by atoms with Crippen molar-refractivity contribution in [1.29, 1.82) is 0 Å². The van der Waals surface area contributed by atoms with Gasteiger partial charge in [-0.15, -0.1) is 0 Å². The average molecular weight is 338 g/mol. The lowest BCUT2D eigenvalue weighted by Gasteiger charge is -2.33. The standard InChI is InChI=1S/C15H20BrN3O/c16-12-3-4-13-14(8-12)19(10-15(20)18-13)7-5-11-2-1-6-17-9-11/h3-4,8,11,17H,1-2,5-7,9-10H2,(H,18,20). The highest BCUT2D eigenvalue weighted by Crippen LogP contribution is 2.32. The first-order chi connectivity index (χ1) is 9.72. The van der Waals surface area contributed by atoms with Crippen molar-refractivity contribution in [3.8, 4) is 0 Å². The topological polar surface area (TPSA) is 44.4 Å². The zero-order valence-corrected chi connectivity index (χ0v) is 13.1. The molecule has 1 saturated heterocycles. The molecule has 0 saturated carbocycles. The summed E-state index contributed by atoms with van der Waals surface area (Å²) in [7, 11) is 0. The van der Waals surface area contributed by atoms with E-state index >= 15 is 0 Å². The molecule has 2 aliphatic rings. The van der Waals surface area contributed by atoms with E-state index in [4.69, 9.17) is 0 Å². The summed E-state index contributed by atoms with van der Waals surface area (Å²) in [6.07, 6.45) is 3.72. The van der Waals surface area contributed by atoms with Crippen molar-refractivity contribution >= 4 is 33.2 Å². The molecule has 1 atom stereocenters. The molecular formula is C15H20BrN3O. The predicted octanol–water partition coefficient (Wildman–Crippen LogP) is 2.60. The van der Waals surface area contributed by atoms with Gasteiger partial charge in [0.2, 0.25) is 5.91 Å². The highest BCUT2D eigenvalue weighted by Gasteiger charge is 2.23. The van der Waals surface area contributed by atoms with Crippen molar-refractivity contribution in [2.24, 2.45) is 5.92 Å². The normalized spacial score (nSPS) is 22.4. The quantitative estimate of drug-likeness (QED) is 0.891. The van der Waals surface area contributed by atoms with Crippen LogP contribution in [0.3, 0.4) is 0 Å². The van der Waals surface area contributed by atoms with Gasteiger partial charge in [0.1, 0.15) is 0 Å². The maximum absolute atomic E-state index is 11.8. The van der Waals surface area contributed by atoms with Gasteiger partial charge in [-0.3, -0.25) is 4.79 Å². The van der Waals surface area contributed by atoms with Crippen molar-refractivity contribution in [3.63, 3.8) is 0 Å². The van der Waals surface area contributed by atoms with Crippen LogP contribution in [0.15, 0.2) is 22.7 Å². The third-order valence-electron chi connectivity index (χ3n) is 4.12. The van der Waals surface area contributed by atoms with Gasteiger partial charge in [-0.2, -0.15) is 0 Å². The van der Waals surface area contributed by atoms with E-state index in [9.17, 15) is 4.79 Å². The maximum Gasteiger partial charge on any atom is 0.243 e. The Kier molecular flexibility index (Phi) is 4.27. The molecule has 0 radical (unpaired) electrons. The highest BCUT2D eigenvalue weighted by molar-refractivity contribution is 9.10. The number of halogens is 1. The number of anilines is 2. The Morgan fingerprint density at radius 3 is 3.10 bits per heavy atom. The molecule has 0 aromatic heterocycles. The number of nitrogens with zero attached hydrogens (tertiary/aromatic N) is 1. The van der Waals surface area contributed by atoms with Crippen LogP contribution >= 0.6 is 15.9 Å². The summed E-state index contributed by atoms with van der Waals surface area (Å²) in [5.74, 6) is 0.825. The Bertz CT molecular complexity index is 500. The van der Waals surface area contributed by atoms with Crippen LogP contribution in [0.2, 0.25) is 0 Å². The second-order valence-corrected chi connectivity index (χ2v) is 6.55. The number of piperidine rings is 1. The van der Waals surface area contributed by atoms with E-state index in [0.717, 1.165) is 47.8 Å². The molecule has 1 amide bonds. The lowest BCUT2D eigenvalue weighted by molar-refractivity contribution is -0.115. The molecule has 4 nitrogen and oxygen atoms in total. The number of hydrogen-bond donors (Lipinski definition) is 2. The van der Waals surface area contributed by atoms with E-state index in [1.165, 1.54) is 12.8 Å². The largest absolute Gasteiger partial charge is 0.360 e. The van der Waals surface area contributed by atoms with Crippen molar-refractivity contribution in [1.82, 2.24) is 5.32 Å². The SMILES string of the molecule is O=C1CN(CCC2CCCNC2)c2cc(Br)ccc2N1. The molecule has 2 aliphatic heterocycles. The van der Waals surface area contributed by atoms with Gasteiger partial charge in [-0.1, -0.05) is 15.9 Å². The number of nitrogens with one attached hydrogen (secondary N) is 2. The predicted molar refractivity (Wildman–Crippen MR) is 85.2 cm³/mol. The first-order valence-corrected chi connectivity index (χ1v) is 8.07. The summed E-state index contributed by atoms with van der Waals surface area (Å²) in [5, 5.41) is 6.40. The first kappa shape index (κ1) is 13.9. The zero-order valence-electron chi connectivity index (χ0n) is 11.5. The minimum atomic E-state index is 0.0848. The van der Waals surface area contributed by atoms with E-state index in [0.29, 0.717) is 6.54 Å². The van der Waals surface area contributed by atoms with Gasteiger partial charge in [0.15, 0.2) is 0 Å². The molecule has 3 rings (SSSR count). The van der Waals surface area contributed by atoms with Gasteiger partial charge in [0.05, 0.1) is 17.9 Å². The van der Waals surface area contributed by atoms with Gasteiger partial charge >= 0.3 is 0 Å². The van der Waals surface area contributed by atoms with E-state index in [1.807, 2.05) is 12.1 Å². The maximum atomic E-state index is 11.8. The smallest absolute Gasteiger partial charge is 0.243 e. The van der Waals surface area contributed by atoms with Gasteiger partial charge < -0.3 is 15.5 Å². The molecule has 0 spiro atoms. The Morgan fingerprint density at radius 2 is 2.30 bits per heavy atom. The molecule has 2 N–H and O–H groups in total. The number of carbonyl (C=O) groups excluding carboxylic acids is 1. The zero-order chi connectivity index (χ0) is 13.9. The minimum Gasteiger partial charge on any atom is -0.360 e. The van der Waals surface area contributed by atoms with Crippen molar-refractivity contribution in [2.45, 2.75) is 19.3 Å². The third kappa shape index (κ3) is 3.15. The fourth-order valence-electron chi connectivity index (χ4n) is 3.03. The highest BCUT2D eigenvalue weighted by atomic mass is 79.9. The lowest BCUT2D eigenvalue weighted by atomic mass is 9.96. The third-order valence-corrected chi connectivity index (χ3v) is 4.61. The number of carbonyl (C=O) groups is 1. The number of fused-ring (bicyclic) bond motifs is 1. The molecule has 108 valence electrons. The molecule has 1 fully saturated rings. The molecule has 1 unspecified atom stereocenters. The summed E-state index contributed by atoms with van der Waals surface area (Å²) in [5.41, 5.74) is 2.05. The first-order valence-electron chi connectivity index (χ1n) is 7.27. The van der Waals surface area contributed by atoms with E-state index in [2.05, 4.69) is 37.5 Å². The van der Waals surface area contributed by atoms with Gasteiger partial charge in [0, 0.05) is 11.0 Å². The number of rotatable bonds is 3. The lowest BCUT2D eigenvalue weighted by Crippen LogP contribution is -2.40. The summed E-state index contributed by atoms with van der Waals surface area (Å²) in [4.78, 5) is 14.0. The van der Waals surface area contributed by atoms with E-state index < -0.39 is 0 Å². The molecule has 5 heteroatoms. The molecule has 0 bridgehead atoms. The Labute approximate surface area is 128 Å². The fourth-order valence-corrected chi connectivity index (χ4v) is 3.38. The molecule has 0 aliphatic carbocycles. The van der Waals surface area contributed by atoms with Crippen LogP contribution < -0.4 is 15.5 Å². The van der Waals surface area contributed by atoms with Gasteiger partial charge in [-0.25, -0.2) is 0 Å². The Hall–Kier alpha value is -1.07. The van der Waals surface area contributed by atoms with Crippen LogP contribution in [0.4, 0.5) is 11.4 Å². The molecule has 1 aromatic carbocycles. The van der Waals surface area contributed by atoms with Gasteiger partial charge in [0.25, 0.3) is 0 Å². The average Bonchev–Trinajstić information content (AvgIpc) is 2.46. The number of benzene rings is 1. The van der Waals surface area contributed by atoms with Gasteiger partial charge in [-0.05, 0) is 56.5 Å². The Morgan fingerprint density at radius 1 is 1.40 bits per heavy atom. The van der Waals surface area contributed by atoms with Crippen LogP contribution in [-0.4, -0.2) is 32.1 Å². The molecule has 2 heterocycles. The second kappa shape index (κ2) is 6.14. The van der Waals surface area contributed by atoms with Crippen LogP contribution in [0, 0.1) is 5.92 Å². The fraction of sp³-hybridized carbons (Fsp3) is 0.533. The second-order valence-electron chi connectivity index (χ2n) is 5.63. The van der Waals surface area contributed by atoms with Crippen molar-refractivity contribution in [2.75, 3.05) is 36.4 Å². The number of hydrogen-bond acceptors (Lipinski definition) is 3. The summed E-state index contributed by atoms with van der Waals surface area (Å²) >= 11 is 3.51. The van der Waals surface area contributed by atoms with Crippen LogP contribution in [0.25, 0.3) is 0 Å². The monoisotopic (exact) mass is 337 g/mol. The minimum absolute atomic E-state index is 0.0848. The summed E-state index contributed by atoms with van der Waals surface area (Å²) in [6, 6.07) is 6.02. The number of amides is 1. The van der Waals surface area contributed by atoms with E-state index in [1.54, 1.807) is 0 Å². The molecular weight excluding hydrogens is 318 g/mol. The van der Waals surface area contributed by atoms with Crippen LogP contribution in [0.5, 0.6) is 0 Å².